The molecule has 2 aromatic heterocycles. The summed E-state index contributed by atoms with van der Waals surface area (Å²) in [5, 5.41) is 8.68. The number of carbonyl (C=O) groups is 1. The number of amides is 1. The van der Waals surface area contributed by atoms with Gasteiger partial charge in [0.1, 0.15) is 12.1 Å². The van der Waals surface area contributed by atoms with E-state index in [0.29, 0.717) is 56.1 Å². The van der Waals surface area contributed by atoms with Crippen molar-refractivity contribution < 1.29 is 9.53 Å². The van der Waals surface area contributed by atoms with Gasteiger partial charge in [0.15, 0.2) is 17.0 Å². The minimum absolute atomic E-state index is 0.0272. The Hall–Kier alpha value is -4.01. The Bertz CT molecular complexity index is 1230. The van der Waals surface area contributed by atoms with Crippen LogP contribution in [0, 0.1) is 0 Å². The number of benzene rings is 2. The van der Waals surface area contributed by atoms with Gasteiger partial charge in [0, 0.05) is 31.7 Å². The lowest BCUT2D eigenvalue weighted by Gasteiger charge is -2.35. The molecule has 4 aromatic rings. The molecule has 0 aliphatic carbocycles. The van der Waals surface area contributed by atoms with Crippen molar-refractivity contribution in [2.24, 2.45) is 0 Å². The third kappa shape index (κ3) is 4.34. The second kappa shape index (κ2) is 9.23. The van der Waals surface area contributed by atoms with Gasteiger partial charge in [-0.3, -0.25) is 4.79 Å². The SMILES string of the molecule is CCOc1ccc(C(=O)N2CCN(c3ncnc4c3nnn4Cc3ccccc3)CC2)cc1. The summed E-state index contributed by atoms with van der Waals surface area (Å²) in [4.78, 5) is 25.8. The van der Waals surface area contributed by atoms with Crippen molar-refractivity contribution in [1.29, 1.82) is 0 Å². The van der Waals surface area contributed by atoms with E-state index in [9.17, 15) is 4.79 Å². The number of rotatable bonds is 6. The molecule has 0 unspecified atom stereocenters. The summed E-state index contributed by atoms with van der Waals surface area (Å²) in [7, 11) is 0. The van der Waals surface area contributed by atoms with E-state index in [-0.39, 0.29) is 5.91 Å². The molecule has 0 spiro atoms. The standard InChI is InChI=1S/C24H25N7O2/c1-2-33-20-10-8-19(9-11-20)24(32)30-14-12-29(13-15-30)22-21-23(26-17-25-22)31(28-27-21)16-18-6-4-3-5-7-18/h3-11,17H,2,12-16H2,1H3. The largest absolute Gasteiger partial charge is 0.494 e. The molecule has 9 heteroatoms. The molecule has 1 aliphatic heterocycles. The molecule has 2 aromatic carbocycles. The van der Waals surface area contributed by atoms with Crippen LogP contribution in [0.1, 0.15) is 22.8 Å². The Balaban J connectivity index is 1.28. The summed E-state index contributed by atoms with van der Waals surface area (Å²) in [6, 6.07) is 17.4. The summed E-state index contributed by atoms with van der Waals surface area (Å²) < 4.78 is 7.26. The van der Waals surface area contributed by atoms with Crippen molar-refractivity contribution in [1.82, 2.24) is 29.9 Å². The third-order valence-corrected chi connectivity index (χ3v) is 5.73. The third-order valence-electron chi connectivity index (χ3n) is 5.73. The second-order valence-electron chi connectivity index (χ2n) is 7.84. The molecule has 1 saturated heterocycles. The lowest BCUT2D eigenvalue weighted by atomic mass is 10.1. The average molecular weight is 444 g/mol. The van der Waals surface area contributed by atoms with E-state index in [1.165, 1.54) is 0 Å². The predicted octanol–water partition coefficient (Wildman–Crippen LogP) is 2.63. The highest BCUT2D eigenvalue weighted by Gasteiger charge is 2.25. The van der Waals surface area contributed by atoms with Gasteiger partial charge in [0.05, 0.1) is 13.2 Å². The lowest BCUT2D eigenvalue weighted by molar-refractivity contribution is 0.0746. The summed E-state index contributed by atoms with van der Waals surface area (Å²) in [5.41, 5.74) is 3.18. The number of carbonyl (C=O) groups excluding carboxylic acids is 1. The molecular weight excluding hydrogens is 418 g/mol. The molecule has 1 aliphatic rings. The van der Waals surface area contributed by atoms with E-state index < -0.39 is 0 Å². The quantitative estimate of drug-likeness (QED) is 0.453. The number of hydrogen-bond acceptors (Lipinski definition) is 7. The molecule has 0 saturated carbocycles. The highest BCUT2D eigenvalue weighted by Crippen LogP contribution is 2.23. The first-order valence-electron chi connectivity index (χ1n) is 11.1. The number of hydrogen-bond donors (Lipinski definition) is 0. The smallest absolute Gasteiger partial charge is 0.253 e. The van der Waals surface area contributed by atoms with Crippen molar-refractivity contribution in [2.75, 3.05) is 37.7 Å². The Morgan fingerprint density at radius 3 is 2.45 bits per heavy atom. The van der Waals surface area contributed by atoms with Crippen LogP contribution in [0.25, 0.3) is 11.2 Å². The maximum Gasteiger partial charge on any atom is 0.253 e. The van der Waals surface area contributed by atoms with E-state index in [4.69, 9.17) is 4.74 Å². The number of piperazine rings is 1. The highest BCUT2D eigenvalue weighted by atomic mass is 16.5. The minimum atomic E-state index is 0.0272. The van der Waals surface area contributed by atoms with E-state index in [1.807, 2.05) is 54.3 Å². The molecule has 9 nitrogen and oxygen atoms in total. The number of aromatic nitrogens is 5. The zero-order valence-corrected chi connectivity index (χ0v) is 18.5. The summed E-state index contributed by atoms with van der Waals surface area (Å²) in [6.45, 7) is 5.68. The van der Waals surface area contributed by atoms with Gasteiger partial charge < -0.3 is 14.5 Å². The molecule has 0 N–H and O–H groups in total. The van der Waals surface area contributed by atoms with Crippen LogP contribution in [0.4, 0.5) is 5.82 Å². The van der Waals surface area contributed by atoms with Crippen LogP contribution < -0.4 is 9.64 Å². The van der Waals surface area contributed by atoms with Gasteiger partial charge in [-0.15, -0.1) is 5.10 Å². The van der Waals surface area contributed by atoms with E-state index >= 15 is 0 Å². The zero-order chi connectivity index (χ0) is 22.6. The average Bonchev–Trinajstić information content (AvgIpc) is 3.28. The first-order chi connectivity index (χ1) is 16.2. The van der Waals surface area contributed by atoms with Crippen molar-refractivity contribution >= 4 is 22.9 Å². The molecule has 168 valence electrons. The van der Waals surface area contributed by atoms with Crippen LogP contribution in [0.15, 0.2) is 60.9 Å². The number of ether oxygens (including phenoxy) is 1. The first-order valence-corrected chi connectivity index (χ1v) is 11.1. The minimum Gasteiger partial charge on any atom is -0.494 e. The van der Waals surface area contributed by atoms with Gasteiger partial charge in [-0.2, -0.15) is 0 Å². The van der Waals surface area contributed by atoms with Crippen LogP contribution in [-0.4, -0.2) is 68.6 Å². The summed E-state index contributed by atoms with van der Waals surface area (Å²) >= 11 is 0. The monoisotopic (exact) mass is 443 g/mol. The Labute approximate surface area is 191 Å². The molecule has 0 radical (unpaired) electrons. The van der Waals surface area contributed by atoms with Crippen molar-refractivity contribution in [3.8, 4) is 5.75 Å². The van der Waals surface area contributed by atoms with E-state index in [1.54, 1.807) is 11.0 Å². The fraction of sp³-hybridized carbons (Fsp3) is 0.292. The van der Waals surface area contributed by atoms with Gasteiger partial charge >= 0.3 is 0 Å². The highest BCUT2D eigenvalue weighted by molar-refractivity contribution is 5.94. The summed E-state index contributed by atoms with van der Waals surface area (Å²) in [6.07, 6.45) is 1.56. The molecule has 0 atom stereocenters. The Morgan fingerprint density at radius 1 is 0.970 bits per heavy atom. The maximum atomic E-state index is 12.9. The van der Waals surface area contributed by atoms with Crippen molar-refractivity contribution in [2.45, 2.75) is 13.5 Å². The number of fused-ring (bicyclic) bond motifs is 1. The molecule has 1 fully saturated rings. The molecule has 5 rings (SSSR count). The second-order valence-corrected chi connectivity index (χ2v) is 7.84. The topological polar surface area (TPSA) is 89.3 Å². The van der Waals surface area contributed by atoms with Crippen molar-refractivity contribution in [3.05, 3.63) is 72.1 Å². The van der Waals surface area contributed by atoms with Gasteiger partial charge in [-0.05, 0) is 36.8 Å². The first kappa shape index (κ1) is 20.9. The number of nitrogens with zero attached hydrogens (tertiary/aromatic N) is 7. The molecule has 0 bridgehead atoms. The van der Waals surface area contributed by atoms with E-state index in [0.717, 1.165) is 17.1 Å². The van der Waals surface area contributed by atoms with Gasteiger partial charge in [0.2, 0.25) is 0 Å². The van der Waals surface area contributed by atoms with Crippen LogP contribution >= 0.6 is 0 Å². The fourth-order valence-electron chi connectivity index (χ4n) is 4.04. The zero-order valence-electron chi connectivity index (χ0n) is 18.5. The van der Waals surface area contributed by atoms with E-state index in [2.05, 4.69) is 37.3 Å². The Kier molecular flexibility index (Phi) is 5.84. The number of anilines is 1. The van der Waals surface area contributed by atoms with Crippen molar-refractivity contribution in [3.63, 3.8) is 0 Å². The van der Waals surface area contributed by atoms with Gasteiger partial charge in [-0.25, -0.2) is 14.6 Å². The summed E-state index contributed by atoms with van der Waals surface area (Å²) in [5.74, 6) is 1.55. The van der Waals surface area contributed by atoms with Gasteiger partial charge in [-0.1, -0.05) is 35.5 Å². The van der Waals surface area contributed by atoms with Crippen LogP contribution in [-0.2, 0) is 6.54 Å². The molecule has 33 heavy (non-hydrogen) atoms. The van der Waals surface area contributed by atoms with Gasteiger partial charge in [0.25, 0.3) is 5.91 Å². The molecule has 1 amide bonds. The maximum absolute atomic E-state index is 12.9. The van der Waals surface area contributed by atoms with Crippen LogP contribution in [0.3, 0.4) is 0 Å². The Morgan fingerprint density at radius 2 is 1.73 bits per heavy atom. The normalized spacial score (nSPS) is 14.0. The lowest BCUT2D eigenvalue weighted by Crippen LogP contribution is -2.49. The predicted molar refractivity (Wildman–Crippen MR) is 124 cm³/mol. The fourth-order valence-corrected chi connectivity index (χ4v) is 4.04. The molecular formula is C24H25N7O2. The van der Waals surface area contributed by atoms with Crippen LogP contribution in [0.5, 0.6) is 5.75 Å². The van der Waals surface area contributed by atoms with Crippen LogP contribution in [0.2, 0.25) is 0 Å². The molecule has 3 heterocycles.